The molecule has 7 nitrogen and oxygen atoms in total. The van der Waals surface area contributed by atoms with Gasteiger partial charge in [0, 0.05) is 5.56 Å². The van der Waals surface area contributed by atoms with Crippen molar-refractivity contribution in [2.75, 3.05) is 13.7 Å². The Bertz CT molecular complexity index is 1830. The summed E-state index contributed by atoms with van der Waals surface area (Å²) in [7, 11) is 1.57. The summed E-state index contributed by atoms with van der Waals surface area (Å²) in [6.07, 6.45) is 3.98. The number of phenols is 1. The summed E-state index contributed by atoms with van der Waals surface area (Å²) in [5, 5.41) is 12.0. The summed E-state index contributed by atoms with van der Waals surface area (Å²) in [6, 6.07) is 16.0. The number of methoxy groups -OCH3 is 1. The SMILES string of the molecule is C=CCc1cc(/C=c2/sc3n(c2=O)[C@@H](c2c(OC)ccc4ccccc24)C(C(=O)OCC)=C(C)N=3)ccc1O. The molecule has 0 unspecified atom stereocenters. The van der Waals surface area contributed by atoms with E-state index in [0.29, 0.717) is 43.9 Å². The van der Waals surface area contributed by atoms with Crippen molar-refractivity contribution in [1.82, 2.24) is 4.57 Å². The summed E-state index contributed by atoms with van der Waals surface area (Å²) in [6.45, 7) is 7.44. The number of allylic oxidation sites excluding steroid dienone is 2. The maximum atomic E-state index is 14.0. The van der Waals surface area contributed by atoms with Crippen LogP contribution in [-0.4, -0.2) is 29.4 Å². The van der Waals surface area contributed by atoms with Crippen LogP contribution in [0, 0.1) is 0 Å². The highest BCUT2D eigenvalue weighted by Crippen LogP contribution is 2.40. The minimum absolute atomic E-state index is 0.172. The molecule has 1 aliphatic rings. The molecule has 0 fully saturated rings. The number of fused-ring (bicyclic) bond motifs is 2. The number of benzene rings is 3. The monoisotopic (exact) mass is 540 g/mol. The zero-order valence-electron chi connectivity index (χ0n) is 21.9. The van der Waals surface area contributed by atoms with Gasteiger partial charge in [-0.05, 0) is 66.4 Å². The Morgan fingerprint density at radius 2 is 2.00 bits per heavy atom. The van der Waals surface area contributed by atoms with Gasteiger partial charge in [0.2, 0.25) is 0 Å². The number of aromatic nitrogens is 1. The second kappa shape index (κ2) is 10.7. The molecule has 4 aromatic rings. The molecule has 1 N–H and O–H groups in total. The van der Waals surface area contributed by atoms with Gasteiger partial charge >= 0.3 is 5.97 Å². The lowest BCUT2D eigenvalue weighted by Gasteiger charge is -2.27. The molecule has 1 aliphatic heterocycles. The molecule has 3 aromatic carbocycles. The van der Waals surface area contributed by atoms with Crippen molar-refractivity contribution in [3.63, 3.8) is 0 Å². The number of phenolic OH excluding ortho intramolecular Hbond substituents is 1. The number of rotatable bonds is 7. The number of carbonyl (C=O) groups excluding carboxylic acids is 1. The highest BCUT2D eigenvalue weighted by molar-refractivity contribution is 7.07. The maximum absolute atomic E-state index is 14.0. The van der Waals surface area contributed by atoms with E-state index < -0.39 is 12.0 Å². The van der Waals surface area contributed by atoms with Gasteiger partial charge in [-0.1, -0.05) is 53.8 Å². The predicted octanol–water partition coefficient (Wildman–Crippen LogP) is 4.39. The lowest BCUT2D eigenvalue weighted by molar-refractivity contribution is -0.139. The largest absolute Gasteiger partial charge is 0.508 e. The standard InChI is InChI=1S/C31H28N2O5S/c1-5-9-21-16-19(12-14-23(21)34)17-25-29(35)33-28(26(30(36)38-6-2)18(3)32-31(33)39-25)27-22-11-8-7-10-20(22)13-15-24(27)37-4/h5,7-8,10-17,28,34H,1,6,9H2,2-4H3/b25-17+/t28-/m1/s1. The minimum Gasteiger partial charge on any atom is -0.508 e. The van der Waals surface area contributed by atoms with Gasteiger partial charge in [-0.3, -0.25) is 9.36 Å². The summed E-state index contributed by atoms with van der Waals surface area (Å²) < 4.78 is 13.2. The molecule has 8 heteroatoms. The minimum atomic E-state index is -0.806. The third-order valence-electron chi connectivity index (χ3n) is 6.71. The van der Waals surface area contributed by atoms with E-state index in [2.05, 4.69) is 11.6 Å². The van der Waals surface area contributed by atoms with Gasteiger partial charge in [-0.2, -0.15) is 0 Å². The Kier molecular flexibility index (Phi) is 7.21. The van der Waals surface area contributed by atoms with Crippen molar-refractivity contribution in [1.29, 1.82) is 0 Å². The number of hydrogen-bond donors (Lipinski definition) is 1. The molecular weight excluding hydrogens is 512 g/mol. The van der Waals surface area contributed by atoms with Crippen molar-refractivity contribution < 1.29 is 19.4 Å². The first-order valence-corrected chi connectivity index (χ1v) is 13.4. The van der Waals surface area contributed by atoms with E-state index >= 15 is 0 Å². The van der Waals surface area contributed by atoms with Gasteiger partial charge in [0.15, 0.2) is 4.80 Å². The van der Waals surface area contributed by atoms with Gasteiger partial charge in [0.25, 0.3) is 5.56 Å². The topological polar surface area (TPSA) is 90.1 Å². The van der Waals surface area contributed by atoms with Crippen molar-refractivity contribution in [2.24, 2.45) is 4.99 Å². The molecule has 5 rings (SSSR count). The second-order valence-corrected chi connectivity index (χ2v) is 10.1. The number of carbonyl (C=O) groups is 1. The molecule has 0 saturated heterocycles. The molecule has 0 radical (unpaired) electrons. The van der Waals surface area contributed by atoms with E-state index in [4.69, 9.17) is 9.47 Å². The molecule has 1 atom stereocenters. The van der Waals surface area contributed by atoms with Crippen molar-refractivity contribution in [3.05, 3.63) is 115 Å². The first kappa shape index (κ1) is 26.2. The summed E-state index contributed by atoms with van der Waals surface area (Å²) >= 11 is 1.25. The normalized spacial score (nSPS) is 15.2. The van der Waals surface area contributed by atoms with Crippen LogP contribution in [-0.2, 0) is 16.0 Å². The van der Waals surface area contributed by atoms with Crippen LogP contribution < -0.4 is 19.6 Å². The van der Waals surface area contributed by atoms with E-state index in [1.165, 1.54) is 11.3 Å². The summed E-state index contributed by atoms with van der Waals surface area (Å²) in [5.41, 5.74) is 2.66. The third kappa shape index (κ3) is 4.68. The van der Waals surface area contributed by atoms with E-state index in [-0.39, 0.29) is 17.9 Å². The molecule has 198 valence electrons. The Labute approximate surface area is 229 Å². The quantitative estimate of drug-likeness (QED) is 0.277. The van der Waals surface area contributed by atoms with Crippen LogP contribution >= 0.6 is 11.3 Å². The van der Waals surface area contributed by atoms with Gasteiger partial charge in [-0.25, -0.2) is 9.79 Å². The Hall–Kier alpha value is -4.43. The highest BCUT2D eigenvalue weighted by atomic mass is 32.1. The number of thiazole rings is 1. The van der Waals surface area contributed by atoms with Crippen LogP contribution in [0.15, 0.2) is 88.3 Å². The summed E-state index contributed by atoms with van der Waals surface area (Å²) in [5.74, 6) is 0.198. The van der Waals surface area contributed by atoms with E-state index in [9.17, 15) is 14.7 Å². The van der Waals surface area contributed by atoms with Crippen molar-refractivity contribution in [2.45, 2.75) is 26.3 Å². The number of esters is 1. The van der Waals surface area contributed by atoms with Crippen LogP contribution in [0.1, 0.15) is 36.6 Å². The van der Waals surface area contributed by atoms with E-state index in [1.807, 2.05) is 42.5 Å². The Morgan fingerprint density at radius 1 is 1.21 bits per heavy atom. The predicted molar refractivity (Wildman–Crippen MR) is 153 cm³/mol. The Morgan fingerprint density at radius 3 is 2.74 bits per heavy atom. The molecular formula is C31H28N2O5S. The molecule has 0 aliphatic carbocycles. The fourth-order valence-corrected chi connectivity index (χ4v) is 6.01. The second-order valence-electron chi connectivity index (χ2n) is 9.09. The summed E-state index contributed by atoms with van der Waals surface area (Å²) in [4.78, 5) is 32.5. The van der Waals surface area contributed by atoms with E-state index in [1.54, 1.807) is 49.8 Å². The Balaban J connectivity index is 1.81. The van der Waals surface area contributed by atoms with Crippen molar-refractivity contribution in [3.8, 4) is 11.5 Å². The number of aromatic hydroxyl groups is 1. The van der Waals surface area contributed by atoms with Gasteiger partial charge < -0.3 is 14.6 Å². The van der Waals surface area contributed by atoms with Gasteiger partial charge in [0.1, 0.15) is 17.5 Å². The van der Waals surface area contributed by atoms with Gasteiger partial charge in [-0.15, -0.1) is 6.58 Å². The first-order chi connectivity index (χ1) is 18.9. The third-order valence-corrected chi connectivity index (χ3v) is 7.69. The molecule has 0 amide bonds. The molecule has 1 aromatic heterocycles. The zero-order valence-corrected chi connectivity index (χ0v) is 22.7. The number of nitrogens with zero attached hydrogens (tertiary/aromatic N) is 2. The maximum Gasteiger partial charge on any atom is 0.338 e. The van der Waals surface area contributed by atoms with Gasteiger partial charge in [0.05, 0.1) is 29.5 Å². The molecule has 0 bridgehead atoms. The average molecular weight is 541 g/mol. The zero-order chi connectivity index (χ0) is 27.7. The average Bonchev–Trinajstić information content (AvgIpc) is 3.23. The lowest BCUT2D eigenvalue weighted by Crippen LogP contribution is -2.40. The van der Waals surface area contributed by atoms with Crippen LogP contribution in [0.25, 0.3) is 16.8 Å². The lowest BCUT2D eigenvalue weighted by atomic mass is 9.90. The van der Waals surface area contributed by atoms with Crippen LogP contribution in [0.3, 0.4) is 0 Å². The molecule has 2 heterocycles. The van der Waals surface area contributed by atoms with Crippen LogP contribution in [0.2, 0.25) is 0 Å². The fraction of sp³-hybridized carbons (Fsp3) is 0.194. The number of ether oxygens (including phenoxy) is 2. The first-order valence-electron chi connectivity index (χ1n) is 12.6. The molecule has 0 saturated carbocycles. The molecule has 0 spiro atoms. The highest BCUT2D eigenvalue weighted by Gasteiger charge is 2.36. The van der Waals surface area contributed by atoms with Crippen LogP contribution in [0.4, 0.5) is 0 Å². The molecule has 39 heavy (non-hydrogen) atoms. The fourth-order valence-electron chi connectivity index (χ4n) is 4.97. The smallest absolute Gasteiger partial charge is 0.338 e. The van der Waals surface area contributed by atoms with Crippen molar-refractivity contribution >= 4 is 34.2 Å². The number of hydrogen-bond acceptors (Lipinski definition) is 7. The van der Waals surface area contributed by atoms with E-state index in [0.717, 1.165) is 16.3 Å². The van der Waals surface area contributed by atoms with Crippen LogP contribution in [0.5, 0.6) is 11.5 Å².